The molecule has 126 valence electrons. The topological polar surface area (TPSA) is 43.4 Å². The average Bonchev–Trinajstić information content (AvgIpc) is 2.65. The highest BCUT2D eigenvalue weighted by atomic mass is 32.2. The van der Waals surface area contributed by atoms with E-state index in [1.807, 2.05) is 68.4 Å². The minimum Gasteiger partial charge on any atom is -0.465 e. The number of esters is 1. The number of hydrogen-bond donors (Lipinski definition) is 0. The van der Waals surface area contributed by atoms with Gasteiger partial charge in [-0.2, -0.15) is 0 Å². The maximum absolute atomic E-state index is 12.3. The van der Waals surface area contributed by atoms with Gasteiger partial charge in [0.1, 0.15) is 6.61 Å². The van der Waals surface area contributed by atoms with E-state index < -0.39 is 0 Å². The second kappa shape index (κ2) is 9.28. The van der Waals surface area contributed by atoms with Crippen molar-refractivity contribution in [2.45, 2.75) is 25.2 Å². The van der Waals surface area contributed by atoms with Crippen LogP contribution in [0, 0.1) is 5.92 Å². The second-order valence-corrected chi connectivity index (χ2v) is 6.71. The van der Waals surface area contributed by atoms with E-state index in [9.17, 15) is 9.59 Å². The number of carbonyl (C=O) groups excluding carboxylic acids is 2. The van der Waals surface area contributed by atoms with Gasteiger partial charge in [-0.15, -0.1) is 11.8 Å². The molecule has 0 aromatic heterocycles. The molecule has 3 nitrogen and oxygen atoms in total. The summed E-state index contributed by atoms with van der Waals surface area (Å²) in [4.78, 5) is 24.9. The lowest BCUT2D eigenvalue weighted by molar-refractivity contribution is -0.147. The highest BCUT2D eigenvalue weighted by Crippen LogP contribution is 2.20. The van der Waals surface area contributed by atoms with Crippen molar-refractivity contribution in [3.05, 3.63) is 65.7 Å². The standard InChI is InChI=1S/C20H22O3S/c1-3-15(2)20(22)23-13-14-24-18-11-9-17(10-12-18)19(21)16-7-5-4-6-8-16/h4-12,15H,3,13-14H2,1-2H3. The molecule has 1 unspecified atom stereocenters. The van der Waals surface area contributed by atoms with Crippen LogP contribution in [-0.4, -0.2) is 24.1 Å². The molecule has 0 aliphatic rings. The summed E-state index contributed by atoms with van der Waals surface area (Å²) in [5, 5.41) is 0. The van der Waals surface area contributed by atoms with E-state index in [1.165, 1.54) is 0 Å². The number of ketones is 1. The van der Waals surface area contributed by atoms with Crippen LogP contribution in [0.15, 0.2) is 59.5 Å². The van der Waals surface area contributed by atoms with Crippen molar-refractivity contribution in [2.24, 2.45) is 5.92 Å². The lowest BCUT2D eigenvalue weighted by Gasteiger charge is -2.09. The number of hydrogen-bond acceptors (Lipinski definition) is 4. The predicted molar refractivity (Wildman–Crippen MR) is 97.5 cm³/mol. The Labute approximate surface area is 147 Å². The van der Waals surface area contributed by atoms with E-state index in [2.05, 4.69) is 0 Å². The van der Waals surface area contributed by atoms with Crippen LogP contribution in [0.4, 0.5) is 0 Å². The van der Waals surface area contributed by atoms with Gasteiger partial charge in [0, 0.05) is 21.8 Å². The van der Waals surface area contributed by atoms with Crippen molar-refractivity contribution in [3.8, 4) is 0 Å². The molecule has 1 atom stereocenters. The van der Waals surface area contributed by atoms with Gasteiger partial charge in [-0.05, 0) is 30.7 Å². The van der Waals surface area contributed by atoms with E-state index in [0.29, 0.717) is 23.5 Å². The lowest BCUT2D eigenvalue weighted by atomic mass is 10.0. The first-order valence-electron chi connectivity index (χ1n) is 8.11. The fraction of sp³-hybridized carbons (Fsp3) is 0.300. The molecule has 2 aromatic rings. The van der Waals surface area contributed by atoms with Gasteiger partial charge in [-0.25, -0.2) is 0 Å². The van der Waals surface area contributed by atoms with Crippen molar-refractivity contribution in [1.82, 2.24) is 0 Å². The first-order chi connectivity index (χ1) is 11.6. The minimum absolute atomic E-state index is 0.0228. The first kappa shape index (κ1) is 18.3. The van der Waals surface area contributed by atoms with Crippen LogP contribution in [0.25, 0.3) is 0 Å². The molecule has 4 heteroatoms. The Balaban J connectivity index is 1.82. The van der Waals surface area contributed by atoms with Gasteiger partial charge < -0.3 is 4.74 Å². The Kier molecular flexibility index (Phi) is 7.07. The zero-order chi connectivity index (χ0) is 17.4. The summed E-state index contributed by atoms with van der Waals surface area (Å²) in [7, 11) is 0. The van der Waals surface area contributed by atoms with E-state index in [0.717, 1.165) is 11.3 Å². The third-order valence-corrected chi connectivity index (χ3v) is 4.74. The van der Waals surface area contributed by atoms with Crippen LogP contribution in [0.2, 0.25) is 0 Å². The Morgan fingerprint density at radius 3 is 2.25 bits per heavy atom. The molecule has 0 spiro atoms. The van der Waals surface area contributed by atoms with Crippen molar-refractivity contribution >= 4 is 23.5 Å². The molecule has 0 radical (unpaired) electrons. The summed E-state index contributed by atoms with van der Waals surface area (Å²) in [5.74, 6) is 0.545. The van der Waals surface area contributed by atoms with Crippen molar-refractivity contribution in [1.29, 1.82) is 0 Å². The monoisotopic (exact) mass is 342 g/mol. The molecule has 24 heavy (non-hydrogen) atoms. The van der Waals surface area contributed by atoms with Crippen molar-refractivity contribution in [3.63, 3.8) is 0 Å². The summed E-state index contributed by atoms with van der Waals surface area (Å²) in [5.41, 5.74) is 1.36. The summed E-state index contributed by atoms with van der Waals surface area (Å²) < 4.78 is 5.22. The molecule has 0 aliphatic carbocycles. The van der Waals surface area contributed by atoms with Gasteiger partial charge >= 0.3 is 5.97 Å². The van der Waals surface area contributed by atoms with Crippen molar-refractivity contribution < 1.29 is 14.3 Å². The molecule has 0 amide bonds. The maximum Gasteiger partial charge on any atom is 0.308 e. The molecule has 2 aromatic carbocycles. The molecule has 0 heterocycles. The average molecular weight is 342 g/mol. The molecular formula is C20H22O3S. The van der Waals surface area contributed by atoms with E-state index in [1.54, 1.807) is 11.8 Å². The number of ether oxygens (including phenoxy) is 1. The molecule has 0 saturated heterocycles. The lowest BCUT2D eigenvalue weighted by Crippen LogP contribution is -2.15. The Hall–Kier alpha value is -2.07. The summed E-state index contributed by atoms with van der Waals surface area (Å²) >= 11 is 1.61. The van der Waals surface area contributed by atoms with E-state index in [4.69, 9.17) is 4.74 Å². The molecule has 0 bridgehead atoms. The Morgan fingerprint density at radius 2 is 1.62 bits per heavy atom. The Morgan fingerprint density at radius 1 is 1.00 bits per heavy atom. The van der Waals surface area contributed by atoms with Gasteiger partial charge in [0.15, 0.2) is 5.78 Å². The quantitative estimate of drug-likeness (QED) is 0.304. The smallest absolute Gasteiger partial charge is 0.308 e. The SMILES string of the molecule is CCC(C)C(=O)OCCSc1ccc(C(=O)c2ccccc2)cc1. The predicted octanol–water partition coefficient (Wildman–Crippen LogP) is 4.60. The van der Waals surface area contributed by atoms with Gasteiger partial charge in [0.05, 0.1) is 5.92 Å². The Bertz CT molecular complexity index is 665. The molecule has 0 aliphatic heterocycles. The zero-order valence-electron chi connectivity index (χ0n) is 14.0. The third kappa shape index (κ3) is 5.24. The zero-order valence-corrected chi connectivity index (χ0v) is 14.8. The summed E-state index contributed by atoms with van der Waals surface area (Å²) in [6.45, 7) is 4.25. The largest absolute Gasteiger partial charge is 0.465 e. The number of carbonyl (C=O) groups is 2. The van der Waals surface area contributed by atoms with Crippen LogP contribution < -0.4 is 0 Å². The number of rotatable bonds is 8. The highest BCUT2D eigenvalue weighted by molar-refractivity contribution is 7.99. The number of benzene rings is 2. The maximum atomic E-state index is 12.3. The van der Waals surface area contributed by atoms with Gasteiger partial charge in [0.25, 0.3) is 0 Å². The summed E-state index contributed by atoms with van der Waals surface area (Å²) in [6.07, 6.45) is 0.795. The van der Waals surface area contributed by atoms with Crippen LogP contribution >= 0.6 is 11.8 Å². The highest BCUT2D eigenvalue weighted by Gasteiger charge is 2.11. The second-order valence-electron chi connectivity index (χ2n) is 5.54. The molecule has 0 saturated carbocycles. The molecule has 0 fully saturated rings. The van der Waals surface area contributed by atoms with Crippen LogP contribution in [-0.2, 0) is 9.53 Å². The third-order valence-electron chi connectivity index (χ3n) is 3.76. The normalized spacial score (nSPS) is 11.8. The van der Waals surface area contributed by atoms with Crippen LogP contribution in [0.3, 0.4) is 0 Å². The van der Waals surface area contributed by atoms with Crippen LogP contribution in [0.5, 0.6) is 0 Å². The van der Waals surface area contributed by atoms with E-state index >= 15 is 0 Å². The fourth-order valence-corrected chi connectivity index (χ4v) is 2.80. The molecule has 0 N–H and O–H groups in total. The molecule has 2 rings (SSSR count). The van der Waals surface area contributed by atoms with Gasteiger partial charge in [-0.1, -0.05) is 44.2 Å². The van der Waals surface area contributed by atoms with Crippen molar-refractivity contribution in [2.75, 3.05) is 12.4 Å². The number of thioether (sulfide) groups is 1. The van der Waals surface area contributed by atoms with Crippen LogP contribution in [0.1, 0.15) is 36.2 Å². The fourth-order valence-electron chi connectivity index (χ4n) is 2.07. The minimum atomic E-state index is -0.137. The molecular weight excluding hydrogens is 320 g/mol. The van der Waals surface area contributed by atoms with Gasteiger partial charge in [-0.3, -0.25) is 9.59 Å². The summed E-state index contributed by atoms with van der Waals surface area (Å²) in [6, 6.07) is 16.8. The van der Waals surface area contributed by atoms with Gasteiger partial charge in [0.2, 0.25) is 0 Å². The first-order valence-corrected chi connectivity index (χ1v) is 9.09. The van der Waals surface area contributed by atoms with E-state index in [-0.39, 0.29) is 17.7 Å².